The average molecular weight is 314 g/mol. The number of nitrogens with one attached hydrogen (secondary N) is 1. The molecule has 1 amide bonds. The molecule has 6 heteroatoms. The van der Waals surface area contributed by atoms with Crippen LogP contribution in [0, 0.1) is 5.82 Å². The summed E-state index contributed by atoms with van der Waals surface area (Å²) in [5, 5.41) is 11.6. The quantitative estimate of drug-likeness (QED) is 0.803. The molecule has 2 N–H and O–H groups in total. The molecule has 0 saturated carbocycles. The van der Waals surface area contributed by atoms with Crippen molar-refractivity contribution >= 4 is 18.0 Å². The Morgan fingerprint density at radius 1 is 1.22 bits per heavy atom. The van der Waals surface area contributed by atoms with Gasteiger partial charge in [0.1, 0.15) is 5.82 Å². The van der Waals surface area contributed by atoms with Crippen LogP contribution in [-0.4, -0.2) is 22.0 Å². The van der Waals surface area contributed by atoms with Gasteiger partial charge >= 0.3 is 5.97 Å². The molecule has 1 atom stereocenters. The molecule has 1 aromatic carbocycles. The molecule has 118 valence electrons. The number of aliphatic carboxylic acids is 1. The highest BCUT2D eigenvalue weighted by atomic mass is 19.1. The lowest BCUT2D eigenvalue weighted by Gasteiger charge is -2.16. The zero-order valence-corrected chi connectivity index (χ0v) is 12.1. The van der Waals surface area contributed by atoms with Crippen LogP contribution in [-0.2, 0) is 9.59 Å². The van der Waals surface area contributed by atoms with Crippen molar-refractivity contribution in [3.8, 4) is 0 Å². The standard InChI is InChI=1S/C17H15FN2O3/c18-13-6-4-12(5-7-13)15(11-17(22)23)20-16(21)9-8-14-3-1-2-10-19-14/h1-10,15H,11H2,(H,20,21)(H,22,23)/b9-8+. The number of carbonyl (C=O) groups is 2. The van der Waals surface area contributed by atoms with Crippen LogP contribution in [0.4, 0.5) is 4.39 Å². The molecule has 2 aromatic rings. The molecule has 5 nitrogen and oxygen atoms in total. The van der Waals surface area contributed by atoms with Crippen molar-refractivity contribution in [2.24, 2.45) is 0 Å². The van der Waals surface area contributed by atoms with E-state index < -0.39 is 23.7 Å². The summed E-state index contributed by atoms with van der Waals surface area (Å²) in [6.07, 6.45) is 4.11. The molecule has 1 aromatic heterocycles. The highest BCUT2D eigenvalue weighted by Gasteiger charge is 2.17. The molecule has 0 aliphatic heterocycles. The van der Waals surface area contributed by atoms with E-state index in [1.165, 1.54) is 36.4 Å². The van der Waals surface area contributed by atoms with Gasteiger partial charge in [0, 0.05) is 12.3 Å². The highest BCUT2D eigenvalue weighted by molar-refractivity contribution is 5.92. The number of hydrogen-bond donors (Lipinski definition) is 2. The molecule has 2 rings (SSSR count). The van der Waals surface area contributed by atoms with E-state index >= 15 is 0 Å². The Balaban J connectivity index is 2.08. The van der Waals surface area contributed by atoms with Gasteiger partial charge in [0.25, 0.3) is 0 Å². The van der Waals surface area contributed by atoms with E-state index in [9.17, 15) is 14.0 Å². The van der Waals surface area contributed by atoms with Gasteiger partial charge in [0.05, 0.1) is 18.2 Å². The molecule has 0 aliphatic carbocycles. The summed E-state index contributed by atoms with van der Waals surface area (Å²) < 4.78 is 13.0. The van der Waals surface area contributed by atoms with Crippen molar-refractivity contribution in [3.05, 3.63) is 71.8 Å². The van der Waals surface area contributed by atoms with E-state index in [0.717, 1.165) is 0 Å². The van der Waals surface area contributed by atoms with Crippen molar-refractivity contribution in [3.63, 3.8) is 0 Å². The van der Waals surface area contributed by atoms with E-state index in [2.05, 4.69) is 10.3 Å². The van der Waals surface area contributed by atoms with Crippen LogP contribution < -0.4 is 5.32 Å². The molecule has 0 saturated heterocycles. The molecule has 0 aliphatic rings. The van der Waals surface area contributed by atoms with Crippen LogP contribution in [0.2, 0.25) is 0 Å². The number of hydrogen-bond acceptors (Lipinski definition) is 3. The predicted octanol–water partition coefficient (Wildman–Crippen LogP) is 2.57. The van der Waals surface area contributed by atoms with Gasteiger partial charge in [-0.25, -0.2) is 4.39 Å². The first kappa shape index (κ1) is 16.4. The SMILES string of the molecule is O=C(O)CC(NC(=O)/C=C/c1ccccn1)c1ccc(F)cc1. The first-order valence-corrected chi connectivity index (χ1v) is 6.91. The maximum Gasteiger partial charge on any atom is 0.305 e. The number of rotatable bonds is 6. The minimum atomic E-state index is -1.06. The Hall–Kier alpha value is -3.02. The fourth-order valence-electron chi connectivity index (χ4n) is 1.98. The van der Waals surface area contributed by atoms with Gasteiger partial charge in [0.2, 0.25) is 5.91 Å². The first-order valence-electron chi connectivity index (χ1n) is 6.91. The molecular formula is C17H15FN2O3. The molecule has 1 heterocycles. The number of carbonyl (C=O) groups excluding carboxylic acids is 1. The third-order valence-electron chi connectivity index (χ3n) is 3.06. The molecular weight excluding hydrogens is 299 g/mol. The van der Waals surface area contributed by atoms with Crippen LogP contribution in [0.25, 0.3) is 6.08 Å². The second-order valence-corrected chi connectivity index (χ2v) is 4.80. The van der Waals surface area contributed by atoms with Crippen LogP contribution in [0.15, 0.2) is 54.7 Å². The molecule has 1 unspecified atom stereocenters. The average Bonchev–Trinajstić information content (AvgIpc) is 2.53. The van der Waals surface area contributed by atoms with Crippen molar-refractivity contribution in [1.29, 1.82) is 0 Å². The van der Waals surface area contributed by atoms with Gasteiger partial charge in [-0.1, -0.05) is 18.2 Å². The predicted molar refractivity (Wildman–Crippen MR) is 82.8 cm³/mol. The number of benzene rings is 1. The molecule has 23 heavy (non-hydrogen) atoms. The second-order valence-electron chi connectivity index (χ2n) is 4.80. The summed E-state index contributed by atoms with van der Waals surface area (Å²) in [4.78, 5) is 27.0. The van der Waals surface area contributed by atoms with E-state index in [1.54, 1.807) is 24.4 Å². The number of carboxylic acids is 1. The lowest BCUT2D eigenvalue weighted by Crippen LogP contribution is -2.28. The molecule has 0 spiro atoms. The van der Waals surface area contributed by atoms with E-state index in [4.69, 9.17) is 5.11 Å². The number of aromatic nitrogens is 1. The van der Waals surface area contributed by atoms with Crippen LogP contribution in [0.5, 0.6) is 0 Å². The largest absolute Gasteiger partial charge is 0.481 e. The topological polar surface area (TPSA) is 79.3 Å². The Labute approximate surface area is 132 Å². The third-order valence-corrected chi connectivity index (χ3v) is 3.06. The highest BCUT2D eigenvalue weighted by Crippen LogP contribution is 2.17. The first-order chi connectivity index (χ1) is 11.0. The summed E-state index contributed by atoms with van der Waals surface area (Å²) in [6, 6.07) is 9.88. The fraction of sp³-hybridized carbons (Fsp3) is 0.118. The van der Waals surface area contributed by atoms with E-state index in [-0.39, 0.29) is 6.42 Å². The van der Waals surface area contributed by atoms with Gasteiger partial charge in [-0.3, -0.25) is 14.6 Å². The Morgan fingerprint density at radius 2 is 1.96 bits per heavy atom. The molecule has 0 bridgehead atoms. The van der Waals surface area contributed by atoms with E-state index in [1.807, 2.05) is 0 Å². The normalized spacial score (nSPS) is 12.0. The van der Waals surface area contributed by atoms with Crippen LogP contribution in [0.3, 0.4) is 0 Å². The van der Waals surface area contributed by atoms with Gasteiger partial charge in [-0.05, 0) is 35.9 Å². The Kier molecular flexibility index (Phi) is 5.57. The lowest BCUT2D eigenvalue weighted by atomic mass is 10.0. The minimum Gasteiger partial charge on any atom is -0.481 e. The molecule has 0 radical (unpaired) electrons. The number of nitrogens with zero attached hydrogens (tertiary/aromatic N) is 1. The van der Waals surface area contributed by atoms with Gasteiger partial charge in [-0.15, -0.1) is 0 Å². The van der Waals surface area contributed by atoms with Crippen molar-refractivity contribution < 1.29 is 19.1 Å². The summed E-state index contributed by atoms with van der Waals surface area (Å²) >= 11 is 0. The summed E-state index contributed by atoms with van der Waals surface area (Å²) in [6.45, 7) is 0. The second kappa shape index (κ2) is 7.84. The lowest BCUT2D eigenvalue weighted by molar-refractivity contribution is -0.137. The number of pyridine rings is 1. The summed E-state index contributed by atoms with van der Waals surface area (Å²) in [7, 11) is 0. The maximum atomic E-state index is 13.0. The van der Waals surface area contributed by atoms with Crippen LogP contribution >= 0.6 is 0 Å². The van der Waals surface area contributed by atoms with E-state index in [0.29, 0.717) is 11.3 Å². The van der Waals surface area contributed by atoms with Gasteiger partial charge in [-0.2, -0.15) is 0 Å². The minimum absolute atomic E-state index is 0.297. The van der Waals surface area contributed by atoms with Gasteiger partial charge in [0.15, 0.2) is 0 Å². The zero-order valence-electron chi connectivity index (χ0n) is 12.1. The monoisotopic (exact) mass is 314 g/mol. The van der Waals surface area contributed by atoms with Crippen molar-refractivity contribution in [2.45, 2.75) is 12.5 Å². The number of halogens is 1. The summed E-state index contributed by atoms with van der Waals surface area (Å²) in [5.41, 5.74) is 1.13. The fourth-order valence-corrected chi connectivity index (χ4v) is 1.98. The van der Waals surface area contributed by atoms with Crippen molar-refractivity contribution in [1.82, 2.24) is 10.3 Å². The summed E-state index contributed by atoms with van der Waals surface area (Å²) in [5.74, 6) is -1.94. The molecule has 0 fully saturated rings. The number of carboxylic acid groups (broad SMARTS) is 1. The smallest absolute Gasteiger partial charge is 0.305 e. The van der Waals surface area contributed by atoms with Crippen LogP contribution in [0.1, 0.15) is 23.7 Å². The van der Waals surface area contributed by atoms with Crippen molar-refractivity contribution in [2.75, 3.05) is 0 Å². The maximum absolute atomic E-state index is 13.0. The Morgan fingerprint density at radius 3 is 2.57 bits per heavy atom. The van der Waals surface area contributed by atoms with Gasteiger partial charge < -0.3 is 10.4 Å². The zero-order chi connectivity index (χ0) is 16.7. The number of amides is 1. The Bertz CT molecular complexity index is 700. The third kappa shape index (κ3) is 5.35.